The molecule has 0 saturated heterocycles. The van der Waals surface area contributed by atoms with Crippen LogP contribution in [0.2, 0.25) is 0 Å². The Kier molecular flexibility index (Phi) is 8.11. The van der Waals surface area contributed by atoms with Crippen LogP contribution in [0.5, 0.6) is 0 Å². The number of rotatable bonds is 8. The summed E-state index contributed by atoms with van der Waals surface area (Å²) in [5.74, 6) is 0.637. The van der Waals surface area contributed by atoms with Gasteiger partial charge in [-0.2, -0.15) is 0 Å². The van der Waals surface area contributed by atoms with E-state index < -0.39 is 0 Å². The lowest BCUT2D eigenvalue weighted by molar-refractivity contribution is 0.647. The fourth-order valence-electron chi connectivity index (χ4n) is 9.47. The summed E-state index contributed by atoms with van der Waals surface area (Å²) in [6.45, 7) is 6.80. The lowest BCUT2D eigenvalue weighted by Gasteiger charge is -2.10. The molecule has 3 aromatic heterocycles. The molecular formula is C55H45N3. The zero-order valence-corrected chi connectivity index (χ0v) is 33.3. The standard InChI is InChI=1S/C55H45N3/c1-4-9-36-14-22-42(23-15-36)57-52-12-7-5-10-44(52)48-33-40(20-28-54(48)57)38-18-26-50-46(31-38)47-32-39(19-27-51(47)56-50)41-21-29-55-49(34-41)45-11-6-8-13-53(45)58(55)43-24-16-37(17-25-43)30-35(2)3/h5-8,10-29,31-35,56H,4,9,30H2,1-3H3. The second-order valence-corrected chi connectivity index (χ2v) is 16.5. The summed E-state index contributed by atoms with van der Waals surface area (Å²) in [5.41, 5.74) is 17.3. The number of benzene rings is 8. The number of fused-ring (bicyclic) bond motifs is 9. The van der Waals surface area contributed by atoms with Crippen molar-refractivity contribution in [2.75, 3.05) is 0 Å². The Balaban J connectivity index is 0.991. The van der Waals surface area contributed by atoms with Crippen LogP contribution in [0.4, 0.5) is 0 Å². The molecule has 0 aliphatic rings. The van der Waals surface area contributed by atoms with Crippen LogP contribution in [0.3, 0.4) is 0 Å². The van der Waals surface area contributed by atoms with Gasteiger partial charge in [-0.15, -0.1) is 0 Å². The number of aromatic amines is 1. The highest BCUT2D eigenvalue weighted by Gasteiger charge is 2.16. The molecule has 0 saturated carbocycles. The van der Waals surface area contributed by atoms with Crippen molar-refractivity contribution in [3.63, 3.8) is 0 Å². The molecule has 3 nitrogen and oxygen atoms in total. The Labute approximate surface area is 338 Å². The third kappa shape index (κ3) is 5.64. The summed E-state index contributed by atoms with van der Waals surface area (Å²) >= 11 is 0. The first-order valence-electron chi connectivity index (χ1n) is 20.8. The Bertz CT molecular complexity index is 3330. The zero-order valence-electron chi connectivity index (χ0n) is 33.3. The third-order valence-corrected chi connectivity index (χ3v) is 12.2. The second-order valence-electron chi connectivity index (χ2n) is 16.5. The first-order valence-corrected chi connectivity index (χ1v) is 20.8. The van der Waals surface area contributed by atoms with Gasteiger partial charge >= 0.3 is 0 Å². The molecule has 8 aromatic carbocycles. The Morgan fingerprint density at radius 3 is 1.29 bits per heavy atom. The van der Waals surface area contributed by atoms with Crippen LogP contribution in [0.1, 0.15) is 38.3 Å². The molecule has 11 rings (SSSR count). The van der Waals surface area contributed by atoms with Crippen molar-refractivity contribution < 1.29 is 0 Å². The van der Waals surface area contributed by atoms with Crippen LogP contribution >= 0.6 is 0 Å². The number of aryl methyl sites for hydroxylation is 1. The van der Waals surface area contributed by atoms with E-state index in [2.05, 4.69) is 205 Å². The average molecular weight is 748 g/mol. The van der Waals surface area contributed by atoms with E-state index in [4.69, 9.17) is 0 Å². The van der Waals surface area contributed by atoms with Crippen molar-refractivity contribution in [3.05, 3.63) is 181 Å². The van der Waals surface area contributed by atoms with Gasteiger partial charge < -0.3 is 14.1 Å². The highest BCUT2D eigenvalue weighted by Crippen LogP contribution is 2.39. The van der Waals surface area contributed by atoms with Crippen molar-refractivity contribution in [1.29, 1.82) is 0 Å². The van der Waals surface area contributed by atoms with Crippen LogP contribution in [0.25, 0.3) is 99.0 Å². The highest BCUT2D eigenvalue weighted by atomic mass is 15.0. The van der Waals surface area contributed by atoms with Crippen LogP contribution in [0.15, 0.2) is 170 Å². The average Bonchev–Trinajstić information content (AvgIpc) is 3.91. The first kappa shape index (κ1) is 34.4. The molecule has 0 aliphatic heterocycles. The van der Waals surface area contributed by atoms with Gasteiger partial charge in [0, 0.05) is 54.7 Å². The van der Waals surface area contributed by atoms with Crippen molar-refractivity contribution in [3.8, 4) is 33.6 Å². The molecule has 0 amide bonds. The summed E-state index contributed by atoms with van der Waals surface area (Å²) in [6.07, 6.45) is 3.35. The normalized spacial score (nSPS) is 12.1. The largest absolute Gasteiger partial charge is 0.355 e. The lowest BCUT2D eigenvalue weighted by atomic mass is 9.98. The monoisotopic (exact) mass is 747 g/mol. The molecule has 0 bridgehead atoms. The number of nitrogens with one attached hydrogen (secondary N) is 1. The smallest absolute Gasteiger partial charge is 0.0541 e. The number of hydrogen-bond donors (Lipinski definition) is 1. The number of para-hydroxylation sites is 2. The molecule has 0 unspecified atom stereocenters. The van der Waals surface area contributed by atoms with Crippen LogP contribution in [-0.4, -0.2) is 14.1 Å². The zero-order chi connectivity index (χ0) is 38.9. The van der Waals surface area contributed by atoms with Crippen molar-refractivity contribution in [2.24, 2.45) is 5.92 Å². The molecule has 0 spiro atoms. The minimum absolute atomic E-state index is 0.637. The van der Waals surface area contributed by atoms with Gasteiger partial charge in [0.1, 0.15) is 0 Å². The fraction of sp³-hybridized carbons (Fsp3) is 0.127. The Morgan fingerprint density at radius 1 is 0.414 bits per heavy atom. The van der Waals surface area contributed by atoms with Gasteiger partial charge in [-0.3, -0.25) is 0 Å². The molecule has 3 heterocycles. The van der Waals surface area contributed by atoms with Gasteiger partial charge in [0.15, 0.2) is 0 Å². The highest BCUT2D eigenvalue weighted by molar-refractivity contribution is 6.13. The van der Waals surface area contributed by atoms with E-state index >= 15 is 0 Å². The predicted molar refractivity (Wildman–Crippen MR) is 248 cm³/mol. The molecule has 0 radical (unpaired) electrons. The van der Waals surface area contributed by atoms with Crippen LogP contribution in [0, 0.1) is 5.92 Å². The summed E-state index contributed by atoms with van der Waals surface area (Å²) < 4.78 is 4.83. The predicted octanol–water partition coefficient (Wildman–Crippen LogP) is 15.0. The van der Waals surface area contributed by atoms with Crippen molar-refractivity contribution >= 4 is 65.4 Å². The van der Waals surface area contributed by atoms with Gasteiger partial charge in [0.2, 0.25) is 0 Å². The van der Waals surface area contributed by atoms with E-state index in [0.29, 0.717) is 5.92 Å². The van der Waals surface area contributed by atoms with E-state index in [1.54, 1.807) is 0 Å². The maximum atomic E-state index is 3.71. The third-order valence-electron chi connectivity index (χ3n) is 12.2. The minimum atomic E-state index is 0.637. The van der Waals surface area contributed by atoms with E-state index in [9.17, 15) is 0 Å². The molecule has 3 heteroatoms. The van der Waals surface area contributed by atoms with Gasteiger partial charge in [0.25, 0.3) is 0 Å². The molecule has 0 aliphatic carbocycles. The fourth-order valence-corrected chi connectivity index (χ4v) is 9.47. The summed E-state index contributed by atoms with van der Waals surface area (Å²) in [4.78, 5) is 3.71. The maximum absolute atomic E-state index is 3.71. The number of hydrogen-bond acceptors (Lipinski definition) is 0. The lowest BCUT2D eigenvalue weighted by Crippen LogP contribution is -1.97. The minimum Gasteiger partial charge on any atom is -0.355 e. The molecule has 58 heavy (non-hydrogen) atoms. The first-order chi connectivity index (χ1) is 28.5. The van der Waals surface area contributed by atoms with Crippen LogP contribution < -0.4 is 0 Å². The van der Waals surface area contributed by atoms with E-state index in [-0.39, 0.29) is 0 Å². The quantitative estimate of drug-likeness (QED) is 0.160. The molecule has 11 aromatic rings. The van der Waals surface area contributed by atoms with E-state index in [1.165, 1.54) is 99.1 Å². The van der Waals surface area contributed by atoms with Crippen molar-refractivity contribution in [1.82, 2.24) is 14.1 Å². The van der Waals surface area contributed by atoms with E-state index in [1.807, 2.05) is 0 Å². The molecule has 0 atom stereocenters. The molecule has 1 N–H and O–H groups in total. The topological polar surface area (TPSA) is 25.6 Å². The van der Waals surface area contributed by atoms with Crippen LogP contribution in [-0.2, 0) is 12.8 Å². The van der Waals surface area contributed by atoms with E-state index in [0.717, 1.165) is 30.3 Å². The summed E-state index contributed by atoms with van der Waals surface area (Å²) in [7, 11) is 0. The van der Waals surface area contributed by atoms with Gasteiger partial charge in [0.05, 0.1) is 22.1 Å². The number of aromatic nitrogens is 3. The second kappa shape index (κ2) is 13.7. The van der Waals surface area contributed by atoms with Gasteiger partial charge in [-0.1, -0.05) is 112 Å². The number of nitrogens with zero attached hydrogens (tertiary/aromatic N) is 2. The Morgan fingerprint density at radius 2 is 0.828 bits per heavy atom. The Hall–Kier alpha value is -6.84. The molecule has 0 fully saturated rings. The molecule has 280 valence electrons. The van der Waals surface area contributed by atoms with Gasteiger partial charge in [-0.25, -0.2) is 0 Å². The van der Waals surface area contributed by atoms with Gasteiger partial charge in [-0.05, 0) is 137 Å². The summed E-state index contributed by atoms with van der Waals surface area (Å²) in [6, 6.07) is 63.5. The summed E-state index contributed by atoms with van der Waals surface area (Å²) in [5, 5.41) is 7.56. The SMILES string of the molecule is CCCc1ccc(-n2c3ccccc3c3cc(-c4ccc5[nH]c6ccc(-c7ccc8c(c7)c7ccccc7n8-c7ccc(CC(C)C)cc7)cc6c5c4)ccc32)cc1. The maximum Gasteiger partial charge on any atom is 0.0541 e. The molecular weight excluding hydrogens is 703 g/mol. The van der Waals surface area contributed by atoms with Crippen molar-refractivity contribution in [2.45, 2.75) is 40.0 Å². The number of H-pyrrole nitrogens is 1.